The first kappa shape index (κ1) is 29.8. The molecule has 3 atom stereocenters. The number of amides is 1. The number of hydrogen-bond acceptors (Lipinski definition) is 6. The number of rotatable bonds is 10. The monoisotopic (exact) mass is 548 g/mol. The lowest BCUT2D eigenvalue weighted by molar-refractivity contribution is -0.144. The fourth-order valence-corrected chi connectivity index (χ4v) is 6.71. The van der Waals surface area contributed by atoms with Gasteiger partial charge < -0.3 is 20.1 Å². The van der Waals surface area contributed by atoms with Crippen molar-refractivity contribution in [2.45, 2.75) is 89.2 Å². The second kappa shape index (κ2) is 13.0. The summed E-state index contributed by atoms with van der Waals surface area (Å²) in [5.74, 6) is -0.524. The van der Waals surface area contributed by atoms with Gasteiger partial charge >= 0.3 is 12.1 Å². The maximum absolute atomic E-state index is 14.2. The number of ketones is 1. The first-order valence-electron chi connectivity index (χ1n) is 14.7. The number of Topliss-reactive ketones (excluding diaryl/α,β-unsaturated/α-hetero) is 1. The number of hydrogen-bond donors (Lipinski definition) is 2. The molecule has 0 bridgehead atoms. The van der Waals surface area contributed by atoms with Crippen molar-refractivity contribution in [3.05, 3.63) is 71.3 Å². The van der Waals surface area contributed by atoms with Crippen molar-refractivity contribution in [1.82, 2.24) is 10.6 Å². The van der Waals surface area contributed by atoms with Crippen molar-refractivity contribution in [2.24, 2.45) is 5.92 Å². The zero-order chi connectivity index (χ0) is 28.8. The maximum Gasteiger partial charge on any atom is 0.408 e. The van der Waals surface area contributed by atoms with Gasteiger partial charge in [0.05, 0.1) is 19.1 Å². The summed E-state index contributed by atoms with van der Waals surface area (Å²) in [5, 5.41) is 6.47. The Hall–Kier alpha value is -3.19. The van der Waals surface area contributed by atoms with Crippen LogP contribution in [0.1, 0.15) is 94.9 Å². The minimum atomic E-state index is -0.601. The molecule has 0 aromatic heterocycles. The number of fused-ring (bicyclic) bond motifs is 2. The highest BCUT2D eigenvalue weighted by molar-refractivity contribution is 5.86. The van der Waals surface area contributed by atoms with E-state index in [1.54, 1.807) is 0 Å². The van der Waals surface area contributed by atoms with E-state index >= 15 is 0 Å². The van der Waals surface area contributed by atoms with Gasteiger partial charge in [0.2, 0.25) is 0 Å². The van der Waals surface area contributed by atoms with Gasteiger partial charge in [-0.2, -0.15) is 0 Å². The van der Waals surface area contributed by atoms with E-state index in [4.69, 9.17) is 9.47 Å². The largest absolute Gasteiger partial charge is 0.466 e. The van der Waals surface area contributed by atoms with Crippen LogP contribution in [-0.2, 0) is 24.5 Å². The van der Waals surface area contributed by atoms with Gasteiger partial charge in [0, 0.05) is 23.7 Å². The molecule has 2 aromatic rings. The molecule has 7 heteroatoms. The van der Waals surface area contributed by atoms with Crippen molar-refractivity contribution in [3.63, 3.8) is 0 Å². The number of alkyl carbamates (subject to hydrolysis) is 1. The number of carbonyl (C=O) groups is 3. The van der Waals surface area contributed by atoms with Gasteiger partial charge in [-0.05, 0) is 83.2 Å². The molecule has 0 radical (unpaired) electrons. The van der Waals surface area contributed by atoms with E-state index in [2.05, 4.69) is 22.8 Å². The highest BCUT2D eigenvalue weighted by atomic mass is 16.6. The van der Waals surface area contributed by atoms with Gasteiger partial charge in [0.15, 0.2) is 0 Å². The summed E-state index contributed by atoms with van der Waals surface area (Å²) in [6, 6.07) is 17.8. The van der Waals surface area contributed by atoms with E-state index in [0.29, 0.717) is 25.9 Å². The second-order valence-corrected chi connectivity index (χ2v) is 12.1. The molecule has 2 aliphatic rings. The molecule has 7 nitrogen and oxygen atoms in total. The van der Waals surface area contributed by atoms with Crippen LogP contribution in [-0.4, -0.2) is 43.1 Å². The van der Waals surface area contributed by atoms with E-state index in [0.717, 1.165) is 37.1 Å². The zero-order valence-corrected chi connectivity index (χ0v) is 24.3. The van der Waals surface area contributed by atoms with Crippen LogP contribution >= 0.6 is 0 Å². The molecule has 4 rings (SSSR count). The molecule has 1 aliphatic carbocycles. The molecule has 1 aliphatic heterocycles. The fourth-order valence-electron chi connectivity index (χ4n) is 6.71. The Morgan fingerprint density at radius 1 is 1.02 bits per heavy atom. The third kappa shape index (κ3) is 6.92. The Morgan fingerprint density at radius 2 is 1.70 bits per heavy atom. The molecule has 2 N–H and O–H groups in total. The first-order valence-corrected chi connectivity index (χ1v) is 14.7. The topological polar surface area (TPSA) is 93.7 Å². The van der Waals surface area contributed by atoms with E-state index < -0.39 is 11.7 Å². The number of piperidine rings is 1. The predicted octanol–water partition coefficient (Wildman–Crippen LogP) is 5.98. The van der Waals surface area contributed by atoms with Gasteiger partial charge in [0.1, 0.15) is 11.4 Å². The summed E-state index contributed by atoms with van der Waals surface area (Å²) in [6.07, 6.45) is 3.07. The molecule has 0 saturated carbocycles. The Balaban J connectivity index is 1.53. The summed E-state index contributed by atoms with van der Waals surface area (Å²) < 4.78 is 10.9. The summed E-state index contributed by atoms with van der Waals surface area (Å²) in [7, 11) is 0. The average molecular weight is 549 g/mol. The summed E-state index contributed by atoms with van der Waals surface area (Å²) in [4.78, 5) is 39.5. The zero-order valence-electron chi connectivity index (χ0n) is 24.3. The first-order chi connectivity index (χ1) is 19.1. The highest BCUT2D eigenvalue weighted by Crippen LogP contribution is 2.56. The van der Waals surface area contributed by atoms with Gasteiger partial charge in [-0.3, -0.25) is 9.59 Å². The van der Waals surface area contributed by atoms with Gasteiger partial charge in [-0.15, -0.1) is 0 Å². The lowest BCUT2D eigenvalue weighted by atomic mass is 9.64. The Morgan fingerprint density at radius 3 is 2.38 bits per heavy atom. The van der Waals surface area contributed by atoms with E-state index in [9.17, 15) is 14.4 Å². The number of esters is 1. The molecule has 40 heavy (non-hydrogen) atoms. The van der Waals surface area contributed by atoms with Crippen LogP contribution in [0.4, 0.5) is 4.79 Å². The van der Waals surface area contributed by atoms with Crippen LogP contribution < -0.4 is 10.6 Å². The van der Waals surface area contributed by atoms with E-state index in [-0.39, 0.29) is 41.5 Å². The summed E-state index contributed by atoms with van der Waals surface area (Å²) in [5.41, 5.74) is 2.44. The van der Waals surface area contributed by atoms with Crippen LogP contribution in [0.2, 0.25) is 0 Å². The lowest BCUT2D eigenvalue weighted by Gasteiger charge is -2.41. The van der Waals surface area contributed by atoms with Gasteiger partial charge in [0.25, 0.3) is 0 Å². The molecule has 1 saturated heterocycles. The quantitative estimate of drug-likeness (QED) is 0.355. The molecule has 2 unspecified atom stereocenters. The normalized spacial score (nSPS) is 20.4. The third-order valence-electron chi connectivity index (χ3n) is 8.24. The fraction of sp³-hybridized carbons (Fsp3) is 0.545. The molecule has 216 valence electrons. The number of nitrogens with one attached hydrogen (secondary N) is 2. The summed E-state index contributed by atoms with van der Waals surface area (Å²) >= 11 is 0. The SMILES string of the molecule is CCOC(=O)CC1c2ccccc2C2(CCNCC2)[C@@H]1C(=O)CCCC(NC(=O)OC(C)(C)C)c1ccccc1. The van der Waals surface area contributed by atoms with Crippen LogP contribution in [0.5, 0.6) is 0 Å². The van der Waals surface area contributed by atoms with Crippen LogP contribution in [0.25, 0.3) is 0 Å². The summed E-state index contributed by atoms with van der Waals surface area (Å²) in [6.45, 7) is 9.35. The number of carbonyl (C=O) groups excluding carboxylic acids is 3. The average Bonchev–Trinajstić information content (AvgIpc) is 3.16. The van der Waals surface area contributed by atoms with Crippen molar-refractivity contribution in [3.8, 4) is 0 Å². The van der Waals surface area contributed by atoms with Crippen molar-refractivity contribution in [2.75, 3.05) is 19.7 Å². The maximum atomic E-state index is 14.2. The lowest BCUT2D eigenvalue weighted by Crippen LogP contribution is -2.46. The molecular formula is C33H44N2O5. The van der Waals surface area contributed by atoms with Gasteiger partial charge in [-0.1, -0.05) is 54.6 Å². The van der Waals surface area contributed by atoms with Crippen molar-refractivity contribution >= 4 is 17.8 Å². The standard InChI is InChI=1S/C33H44N2O5/c1-5-39-29(37)22-25-24-14-9-10-15-26(24)33(18-20-34-21-19-33)30(25)28(36)17-11-16-27(23-12-7-6-8-13-23)35-31(38)40-32(2,3)4/h6-10,12-15,25,27,30,34H,5,11,16-22H2,1-4H3,(H,35,38)/t25?,27?,30-/m0/s1. The third-order valence-corrected chi connectivity index (χ3v) is 8.24. The minimum Gasteiger partial charge on any atom is -0.466 e. The second-order valence-electron chi connectivity index (χ2n) is 12.1. The van der Waals surface area contributed by atoms with Crippen LogP contribution in [0.3, 0.4) is 0 Å². The molecule has 1 amide bonds. The van der Waals surface area contributed by atoms with E-state index in [1.807, 2.05) is 70.2 Å². The highest BCUT2D eigenvalue weighted by Gasteiger charge is 2.55. The molecule has 1 fully saturated rings. The smallest absolute Gasteiger partial charge is 0.408 e. The Labute approximate surface area is 238 Å². The Bertz CT molecular complexity index is 1170. The number of benzene rings is 2. The van der Waals surface area contributed by atoms with Crippen molar-refractivity contribution in [1.29, 1.82) is 0 Å². The molecule has 2 aromatic carbocycles. The Kier molecular flexibility index (Phi) is 9.67. The van der Waals surface area contributed by atoms with Crippen molar-refractivity contribution < 1.29 is 23.9 Å². The predicted molar refractivity (Wildman–Crippen MR) is 155 cm³/mol. The molecule has 1 heterocycles. The van der Waals surface area contributed by atoms with Crippen LogP contribution in [0, 0.1) is 5.92 Å². The number of ether oxygens (including phenoxy) is 2. The molecular weight excluding hydrogens is 504 g/mol. The van der Waals surface area contributed by atoms with E-state index in [1.165, 1.54) is 5.56 Å². The van der Waals surface area contributed by atoms with Gasteiger partial charge in [-0.25, -0.2) is 4.79 Å². The molecule has 1 spiro atoms. The van der Waals surface area contributed by atoms with Crippen LogP contribution in [0.15, 0.2) is 54.6 Å². The minimum absolute atomic E-state index is 0.189.